The Kier molecular flexibility index (Phi) is 3.66. The molecule has 1 atom stereocenters. The summed E-state index contributed by atoms with van der Waals surface area (Å²) in [4.78, 5) is 11.9. The summed E-state index contributed by atoms with van der Waals surface area (Å²) in [5.74, 6) is 0.795. The van der Waals surface area contributed by atoms with Crippen molar-refractivity contribution in [2.24, 2.45) is 7.05 Å². The largest absolute Gasteiger partial charge is 0.357 e. The number of aryl methyl sites for hydroxylation is 1. The minimum atomic E-state index is -0.245. The maximum atomic E-state index is 11.9. The average molecular weight is 236 g/mol. The zero-order chi connectivity index (χ0) is 12.3. The maximum Gasteiger partial charge on any atom is 0.242 e. The summed E-state index contributed by atoms with van der Waals surface area (Å²) in [5, 5.41) is 10.4. The first-order valence-electron chi connectivity index (χ1n) is 6.22. The second kappa shape index (κ2) is 5.21. The number of rotatable bonds is 4. The van der Waals surface area contributed by atoms with Crippen LogP contribution in [-0.2, 0) is 11.8 Å². The fraction of sp³-hybridized carbons (Fsp3) is 0.667. The van der Waals surface area contributed by atoms with Crippen LogP contribution in [0.5, 0.6) is 0 Å². The fourth-order valence-corrected chi connectivity index (χ4v) is 2.18. The SMILES string of the molecule is CC(Nc1ccn(C)n1)C(=O)NC1CCCC1. The van der Waals surface area contributed by atoms with Crippen LogP contribution in [0, 0.1) is 0 Å². The van der Waals surface area contributed by atoms with E-state index in [1.54, 1.807) is 4.68 Å². The third-order valence-electron chi connectivity index (χ3n) is 3.17. The van der Waals surface area contributed by atoms with Crippen LogP contribution in [0.25, 0.3) is 0 Å². The molecule has 5 nitrogen and oxygen atoms in total. The van der Waals surface area contributed by atoms with Gasteiger partial charge in [-0.3, -0.25) is 9.48 Å². The Hall–Kier alpha value is -1.52. The number of carbonyl (C=O) groups is 1. The molecule has 1 fully saturated rings. The molecule has 5 heteroatoms. The molecule has 1 aliphatic carbocycles. The molecule has 0 bridgehead atoms. The second-order valence-electron chi connectivity index (χ2n) is 4.73. The van der Waals surface area contributed by atoms with Gasteiger partial charge in [-0.2, -0.15) is 5.10 Å². The molecule has 0 spiro atoms. The summed E-state index contributed by atoms with van der Waals surface area (Å²) < 4.78 is 1.71. The van der Waals surface area contributed by atoms with E-state index in [9.17, 15) is 4.79 Å². The molecule has 2 rings (SSSR count). The molecule has 1 aliphatic rings. The monoisotopic (exact) mass is 236 g/mol. The highest BCUT2D eigenvalue weighted by atomic mass is 16.2. The van der Waals surface area contributed by atoms with Gasteiger partial charge in [-0.15, -0.1) is 0 Å². The normalized spacial score (nSPS) is 18.0. The van der Waals surface area contributed by atoms with Crippen molar-refractivity contribution in [2.45, 2.75) is 44.7 Å². The third kappa shape index (κ3) is 3.22. The second-order valence-corrected chi connectivity index (χ2v) is 4.73. The van der Waals surface area contributed by atoms with Gasteiger partial charge in [0.25, 0.3) is 0 Å². The van der Waals surface area contributed by atoms with E-state index in [-0.39, 0.29) is 11.9 Å². The first kappa shape index (κ1) is 12.0. The number of nitrogens with one attached hydrogen (secondary N) is 2. The van der Waals surface area contributed by atoms with Gasteiger partial charge < -0.3 is 10.6 Å². The number of anilines is 1. The Morgan fingerprint density at radius 1 is 1.53 bits per heavy atom. The van der Waals surface area contributed by atoms with Gasteiger partial charge in [0, 0.05) is 25.4 Å². The molecule has 1 amide bonds. The summed E-state index contributed by atoms with van der Waals surface area (Å²) in [6.45, 7) is 1.86. The number of carbonyl (C=O) groups excluding carboxylic acids is 1. The lowest BCUT2D eigenvalue weighted by Gasteiger charge is -2.17. The van der Waals surface area contributed by atoms with Crippen molar-refractivity contribution in [1.29, 1.82) is 0 Å². The van der Waals surface area contributed by atoms with Gasteiger partial charge in [0.15, 0.2) is 0 Å². The first-order chi connectivity index (χ1) is 8.15. The Morgan fingerprint density at radius 2 is 2.24 bits per heavy atom. The topological polar surface area (TPSA) is 59.0 Å². The molecule has 2 N–H and O–H groups in total. The van der Waals surface area contributed by atoms with Crippen LogP contribution in [0.3, 0.4) is 0 Å². The van der Waals surface area contributed by atoms with Gasteiger partial charge in [-0.05, 0) is 19.8 Å². The predicted octanol–water partition coefficient (Wildman–Crippen LogP) is 1.28. The highest BCUT2D eigenvalue weighted by molar-refractivity contribution is 5.84. The molecule has 0 aromatic carbocycles. The maximum absolute atomic E-state index is 11.9. The van der Waals surface area contributed by atoms with E-state index < -0.39 is 0 Å². The third-order valence-corrected chi connectivity index (χ3v) is 3.17. The molecule has 0 saturated heterocycles. The van der Waals surface area contributed by atoms with E-state index in [2.05, 4.69) is 15.7 Å². The van der Waals surface area contributed by atoms with Crippen LogP contribution in [0.4, 0.5) is 5.82 Å². The number of nitrogens with zero attached hydrogens (tertiary/aromatic N) is 2. The molecule has 1 unspecified atom stereocenters. The van der Waals surface area contributed by atoms with Crippen molar-refractivity contribution in [3.63, 3.8) is 0 Å². The highest BCUT2D eigenvalue weighted by Gasteiger charge is 2.20. The molecule has 0 radical (unpaired) electrons. The van der Waals surface area contributed by atoms with Crippen molar-refractivity contribution < 1.29 is 4.79 Å². The van der Waals surface area contributed by atoms with Gasteiger partial charge in [0.05, 0.1) is 0 Å². The van der Waals surface area contributed by atoms with Crippen LogP contribution in [0.15, 0.2) is 12.3 Å². The minimum absolute atomic E-state index is 0.0579. The molecule has 1 heterocycles. The number of aromatic nitrogens is 2. The van der Waals surface area contributed by atoms with E-state index >= 15 is 0 Å². The summed E-state index contributed by atoms with van der Waals surface area (Å²) in [6, 6.07) is 1.99. The zero-order valence-corrected chi connectivity index (χ0v) is 10.4. The molecule has 17 heavy (non-hydrogen) atoms. The van der Waals surface area contributed by atoms with Crippen LogP contribution in [-0.4, -0.2) is 27.8 Å². The smallest absolute Gasteiger partial charge is 0.242 e. The van der Waals surface area contributed by atoms with Crippen molar-refractivity contribution in [1.82, 2.24) is 15.1 Å². The highest BCUT2D eigenvalue weighted by Crippen LogP contribution is 2.17. The Bertz CT molecular complexity index is 382. The van der Waals surface area contributed by atoms with E-state index in [4.69, 9.17) is 0 Å². The van der Waals surface area contributed by atoms with Gasteiger partial charge in [-0.25, -0.2) is 0 Å². The number of hydrogen-bond donors (Lipinski definition) is 2. The van der Waals surface area contributed by atoms with Crippen molar-refractivity contribution >= 4 is 11.7 Å². The van der Waals surface area contributed by atoms with E-state index in [1.165, 1.54) is 12.8 Å². The number of hydrogen-bond acceptors (Lipinski definition) is 3. The predicted molar refractivity (Wildman–Crippen MR) is 66.7 cm³/mol. The van der Waals surface area contributed by atoms with Gasteiger partial charge in [-0.1, -0.05) is 12.8 Å². The van der Waals surface area contributed by atoms with Crippen LogP contribution in [0.1, 0.15) is 32.6 Å². The first-order valence-corrected chi connectivity index (χ1v) is 6.22. The van der Waals surface area contributed by atoms with Gasteiger partial charge >= 0.3 is 0 Å². The molecular weight excluding hydrogens is 216 g/mol. The molecular formula is C12H20N4O. The van der Waals surface area contributed by atoms with E-state index in [1.807, 2.05) is 26.2 Å². The van der Waals surface area contributed by atoms with E-state index in [0.717, 1.165) is 18.7 Å². The fourth-order valence-electron chi connectivity index (χ4n) is 2.18. The summed E-state index contributed by atoms with van der Waals surface area (Å²) >= 11 is 0. The Balaban J connectivity index is 1.82. The van der Waals surface area contributed by atoms with Crippen LogP contribution in [0.2, 0.25) is 0 Å². The lowest BCUT2D eigenvalue weighted by Crippen LogP contribution is -2.42. The summed E-state index contributed by atoms with van der Waals surface area (Å²) in [5.41, 5.74) is 0. The molecule has 0 aliphatic heterocycles. The molecule has 94 valence electrons. The van der Waals surface area contributed by atoms with E-state index in [0.29, 0.717) is 6.04 Å². The Labute approximate surface area is 102 Å². The minimum Gasteiger partial charge on any atom is -0.357 e. The van der Waals surface area contributed by atoms with Crippen LogP contribution >= 0.6 is 0 Å². The summed E-state index contributed by atoms with van der Waals surface area (Å²) in [7, 11) is 1.86. The van der Waals surface area contributed by atoms with Gasteiger partial charge in [0.1, 0.15) is 11.9 Å². The quantitative estimate of drug-likeness (QED) is 0.828. The molecule has 1 aromatic rings. The van der Waals surface area contributed by atoms with Crippen molar-refractivity contribution in [2.75, 3.05) is 5.32 Å². The lowest BCUT2D eigenvalue weighted by atomic mass is 10.2. The number of amides is 1. The standard InChI is InChI=1S/C12H20N4O/c1-9(13-11-7-8-16(2)15-11)12(17)14-10-5-3-4-6-10/h7-10H,3-6H2,1-2H3,(H,13,15)(H,14,17). The lowest BCUT2D eigenvalue weighted by molar-refractivity contribution is -0.122. The van der Waals surface area contributed by atoms with Crippen molar-refractivity contribution in [3.05, 3.63) is 12.3 Å². The van der Waals surface area contributed by atoms with Crippen molar-refractivity contribution in [3.8, 4) is 0 Å². The van der Waals surface area contributed by atoms with Crippen LogP contribution < -0.4 is 10.6 Å². The summed E-state index contributed by atoms with van der Waals surface area (Å²) in [6.07, 6.45) is 6.54. The van der Waals surface area contributed by atoms with Gasteiger partial charge in [0.2, 0.25) is 5.91 Å². The average Bonchev–Trinajstić information content (AvgIpc) is 2.90. The zero-order valence-electron chi connectivity index (χ0n) is 10.4. The molecule has 1 saturated carbocycles. The molecule has 1 aromatic heterocycles. The Morgan fingerprint density at radius 3 is 2.82 bits per heavy atom.